The van der Waals surface area contributed by atoms with Crippen molar-refractivity contribution in [1.82, 2.24) is 0 Å². The Hall–Kier alpha value is 2.68. The number of phosphoric acid groups is 1. The average Bonchev–Trinajstić information content (AvgIpc) is 1.19. The van der Waals surface area contributed by atoms with E-state index < -0.39 is 16.4 Å². The number of hydrogen-bond donors (Lipinski definition) is 6. The SMILES string of the molecule is O=P(O)(O)O.OP(O)O.[KH].[Zn]. The summed E-state index contributed by atoms with van der Waals surface area (Å²) in [4.78, 5) is 43.3. The van der Waals surface area contributed by atoms with E-state index in [0.29, 0.717) is 0 Å². The van der Waals surface area contributed by atoms with Gasteiger partial charge in [-0.1, -0.05) is 0 Å². The third kappa shape index (κ3) is 201. The van der Waals surface area contributed by atoms with Crippen LogP contribution in [0, 0.1) is 0 Å². The molecule has 7 nitrogen and oxygen atoms in total. The van der Waals surface area contributed by atoms with Crippen LogP contribution in [0.1, 0.15) is 0 Å². The Morgan fingerprint density at radius 2 is 1.00 bits per heavy atom. The Morgan fingerprint density at radius 3 is 1.00 bits per heavy atom. The molecule has 0 aromatic carbocycles. The summed E-state index contributed by atoms with van der Waals surface area (Å²) in [6.45, 7) is 0. The monoisotopic (exact) mass is 284 g/mol. The van der Waals surface area contributed by atoms with Crippen LogP contribution >= 0.6 is 16.4 Å². The van der Waals surface area contributed by atoms with Crippen molar-refractivity contribution in [2.45, 2.75) is 0 Å². The van der Waals surface area contributed by atoms with Gasteiger partial charge in [0.1, 0.15) is 0 Å². The van der Waals surface area contributed by atoms with E-state index in [-0.39, 0.29) is 70.9 Å². The molecule has 6 N–H and O–H groups in total. The molecule has 0 unspecified atom stereocenters. The second-order valence-electron chi connectivity index (χ2n) is 0.782. The van der Waals surface area contributed by atoms with Gasteiger partial charge in [0.2, 0.25) is 0 Å². The van der Waals surface area contributed by atoms with E-state index in [2.05, 4.69) is 0 Å². The second kappa shape index (κ2) is 12.7. The van der Waals surface area contributed by atoms with Crippen LogP contribution in [0.15, 0.2) is 0 Å². The summed E-state index contributed by atoms with van der Waals surface area (Å²) in [6.07, 6.45) is 0. The van der Waals surface area contributed by atoms with Gasteiger partial charge in [0.05, 0.1) is 0 Å². The van der Waals surface area contributed by atoms with Gasteiger partial charge >= 0.3 is 67.8 Å². The molecular formula is H7KO7P2Zn. The zero-order chi connectivity index (χ0) is 8.08. The van der Waals surface area contributed by atoms with Gasteiger partial charge in [0.15, 0.2) is 0 Å². The number of hydrogen-bond acceptors (Lipinski definition) is 4. The Balaban J connectivity index is -0.0000000383. The first kappa shape index (κ1) is 23.5. The van der Waals surface area contributed by atoms with E-state index in [1.807, 2.05) is 0 Å². The van der Waals surface area contributed by atoms with Gasteiger partial charge in [-0.05, 0) is 0 Å². The third-order valence-corrected chi connectivity index (χ3v) is 0. The molecule has 0 amide bonds. The predicted molar refractivity (Wildman–Crippen MR) is 35.0 cm³/mol. The maximum atomic E-state index is 8.88. The molecule has 0 fully saturated rings. The molecule has 0 aliphatic heterocycles. The van der Waals surface area contributed by atoms with Crippen LogP contribution in [0.25, 0.3) is 0 Å². The van der Waals surface area contributed by atoms with Gasteiger partial charge in [-0.25, -0.2) is 4.57 Å². The van der Waals surface area contributed by atoms with Crippen molar-refractivity contribution in [2.24, 2.45) is 0 Å². The molecule has 0 aromatic heterocycles. The predicted octanol–water partition coefficient (Wildman–Crippen LogP) is -2.39. The molecule has 0 aliphatic carbocycles. The molecule has 0 bridgehead atoms. The summed E-state index contributed by atoms with van der Waals surface area (Å²) in [5, 5.41) is 0. The molecule has 11 heteroatoms. The van der Waals surface area contributed by atoms with Crippen LogP contribution in [-0.4, -0.2) is 80.7 Å². The van der Waals surface area contributed by atoms with Gasteiger partial charge in [0.25, 0.3) is 0 Å². The van der Waals surface area contributed by atoms with Crippen LogP contribution < -0.4 is 0 Å². The minimum atomic E-state index is -4.64. The van der Waals surface area contributed by atoms with Crippen LogP contribution in [0.4, 0.5) is 0 Å². The van der Waals surface area contributed by atoms with Crippen molar-refractivity contribution in [1.29, 1.82) is 0 Å². The van der Waals surface area contributed by atoms with Gasteiger partial charge in [0, 0.05) is 19.5 Å². The molecule has 0 aromatic rings. The van der Waals surface area contributed by atoms with E-state index in [1.165, 1.54) is 0 Å². The van der Waals surface area contributed by atoms with Crippen molar-refractivity contribution < 1.29 is 53.4 Å². The largest absolute Gasteiger partial charge is 0 e. The Bertz CT molecular complexity index is 87.6. The summed E-state index contributed by atoms with van der Waals surface area (Å²) in [5.41, 5.74) is 0. The molecule has 0 saturated heterocycles. The molecular weight excluding hydrogens is 278 g/mol. The first-order valence-corrected chi connectivity index (χ1v) is 4.15. The summed E-state index contributed by atoms with van der Waals surface area (Å²) >= 11 is 0. The topological polar surface area (TPSA) is 138 Å². The summed E-state index contributed by atoms with van der Waals surface area (Å²) in [7, 11) is -7.26. The fourth-order valence-electron chi connectivity index (χ4n) is 0. The van der Waals surface area contributed by atoms with Gasteiger partial charge in [-0.3, -0.25) is 0 Å². The van der Waals surface area contributed by atoms with Gasteiger partial charge < -0.3 is 29.4 Å². The zero-order valence-electron chi connectivity index (χ0n) is 4.69. The van der Waals surface area contributed by atoms with Crippen molar-refractivity contribution in [3.8, 4) is 0 Å². The smallest absolute Gasteiger partial charge is 0 e. The minimum Gasteiger partial charge on any atom is 0 e. The minimum absolute atomic E-state index is 0. The summed E-state index contributed by atoms with van der Waals surface area (Å²) in [6, 6.07) is 0. The van der Waals surface area contributed by atoms with Crippen molar-refractivity contribution in [2.75, 3.05) is 0 Å². The van der Waals surface area contributed by atoms with Crippen LogP contribution in [0.3, 0.4) is 0 Å². The Kier molecular flexibility index (Phi) is 27.1. The molecule has 0 saturated carbocycles. The average molecular weight is 285 g/mol. The fourth-order valence-corrected chi connectivity index (χ4v) is 0. The van der Waals surface area contributed by atoms with Crippen LogP contribution in [-0.2, 0) is 24.0 Å². The number of rotatable bonds is 0. The molecule has 0 atom stereocenters. The van der Waals surface area contributed by atoms with E-state index >= 15 is 0 Å². The molecule has 0 rings (SSSR count). The molecule has 62 valence electrons. The third-order valence-electron chi connectivity index (χ3n) is 0. The molecule has 0 radical (unpaired) electrons. The zero-order valence-corrected chi connectivity index (χ0v) is 9.45. The fraction of sp³-hybridized carbons (Fsp3) is 0. The summed E-state index contributed by atoms with van der Waals surface area (Å²) < 4.78 is 8.88. The molecule has 0 heterocycles. The van der Waals surface area contributed by atoms with E-state index in [9.17, 15) is 0 Å². The Morgan fingerprint density at radius 1 is 1.00 bits per heavy atom. The Labute approximate surface area is 119 Å². The second-order valence-corrected chi connectivity index (χ2v) is 2.34. The molecule has 11 heavy (non-hydrogen) atoms. The van der Waals surface area contributed by atoms with Gasteiger partial charge in [-0.15, -0.1) is 0 Å². The van der Waals surface area contributed by atoms with Crippen LogP contribution in [0.2, 0.25) is 0 Å². The van der Waals surface area contributed by atoms with E-state index in [0.717, 1.165) is 0 Å². The van der Waals surface area contributed by atoms with Crippen LogP contribution in [0.5, 0.6) is 0 Å². The van der Waals surface area contributed by atoms with E-state index in [4.69, 9.17) is 33.9 Å². The van der Waals surface area contributed by atoms with Gasteiger partial charge in [-0.2, -0.15) is 0 Å². The normalized spacial score (nSPS) is 8.64. The van der Waals surface area contributed by atoms with Crippen molar-refractivity contribution in [3.63, 3.8) is 0 Å². The first-order valence-electron chi connectivity index (χ1n) is 1.38. The molecule has 0 spiro atoms. The standard InChI is InChI=1S/K.H3O4P.H3O3P.Zn.H/c;1-5(2,3)4;1-4(2)3;;/h;(H3,1,2,3,4);1-3H;;. The quantitative estimate of drug-likeness (QED) is 0.216. The van der Waals surface area contributed by atoms with Crippen molar-refractivity contribution in [3.05, 3.63) is 0 Å². The molecule has 0 aliphatic rings. The maximum Gasteiger partial charge on any atom is 0 e. The van der Waals surface area contributed by atoms with Crippen molar-refractivity contribution >= 4 is 67.8 Å². The maximum absolute atomic E-state index is 8.88. The first-order chi connectivity index (χ1) is 3.73. The van der Waals surface area contributed by atoms with E-state index in [1.54, 1.807) is 0 Å². The summed E-state index contributed by atoms with van der Waals surface area (Å²) in [5.74, 6) is 0.